The summed E-state index contributed by atoms with van der Waals surface area (Å²) in [5.74, 6) is -1.11. The van der Waals surface area contributed by atoms with Gasteiger partial charge in [-0.2, -0.15) is 0 Å². The Labute approximate surface area is 67.8 Å². The van der Waals surface area contributed by atoms with E-state index in [1.54, 1.807) is 0 Å². The van der Waals surface area contributed by atoms with Gasteiger partial charge in [0.1, 0.15) is 4.91 Å². The van der Waals surface area contributed by atoms with E-state index in [1.165, 1.54) is 12.3 Å². The molecule has 1 aliphatic heterocycles. The smallest absolute Gasteiger partial charge is 0.344 e. The lowest BCUT2D eigenvalue weighted by Crippen LogP contribution is -1.98. The Balaban J connectivity index is 2.93. The van der Waals surface area contributed by atoms with Crippen LogP contribution in [-0.4, -0.2) is 17.3 Å². The van der Waals surface area contributed by atoms with Crippen LogP contribution >= 0.6 is 30.0 Å². The first kappa shape index (κ1) is 7.91. The van der Waals surface area contributed by atoms with Crippen LogP contribution in [0.25, 0.3) is 0 Å². The van der Waals surface area contributed by atoms with Gasteiger partial charge >= 0.3 is 5.97 Å². The Kier molecular flexibility index (Phi) is 1.94. The van der Waals surface area contributed by atoms with Gasteiger partial charge in [-0.25, -0.2) is 9.19 Å². The predicted molar refractivity (Wildman–Crippen MR) is 43.5 cm³/mol. The fourth-order valence-electron chi connectivity index (χ4n) is 0.490. The Morgan fingerprint density at radius 2 is 2.30 bits per heavy atom. The second kappa shape index (κ2) is 2.45. The minimum atomic E-state index is -2.41. The van der Waals surface area contributed by atoms with Gasteiger partial charge in [0.05, 0.1) is 0 Å². The highest BCUT2D eigenvalue weighted by Gasteiger charge is 2.30. The Hall–Kier alpha value is -0.190. The van der Waals surface area contributed by atoms with Crippen molar-refractivity contribution in [3.05, 3.63) is 11.0 Å². The first-order valence-electron chi connectivity index (χ1n) is 2.25. The number of carboxylic acid groups (broad SMARTS) is 1. The lowest BCUT2D eigenvalue weighted by Gasteiger charge is -2.14. The van der Waals surface area contributed by atoms with Crippen LogP contribution < -0.4 is 0 Å². The second-order valence-corrected chi connectivity index (χ2v) is 6.22. The lowest BCUT2D eigenvalue weighted by atomic mass is 10.5. The number of rotatable bonds is 1. The molecule has 0 saturated carbocycles. The molecule has 0 aromatic carbocycles. The highest BCUT2D eigenvalue weighted by atomic mass is 36.0. The minimum Gasteiger partial charge on any atom is -0.477 e. The fourth-order valence-corrected chi connectivity index (χ4v) is 2.23. The largest absolute Gasteiger partial charge is 0.477 e. The maximum Gasteiger partial charge on any atom is 0.344 e. The van der Waals surface area contributed by atoms with Crippen molar-refractivity contribution < 1.29 is 9.90 Å². The Morgan fingerprint density at radius 3 is 2.50 bits per heavy atom. The maximum absolute atomic E-state index is 10.3. The minimum absolute atomic E-state index is 0.0316. The molecule has 0 fully saturated rings. The zero-order valence-corrected chi connectivity index (χ0v) is 6.95. The van der Waals surface area contributed by atoms with Crippen molar-refractivity contribution >= 4 is 42.2 Å². The van der Waals surface area contributed by atoms with Gasteiger partial charge in [-0.1, -0.05) is 0 Å². The summed E-state index contributed by atoms with van der Waals surface area (Å²) in [6, 6.07) is 0. The van der Waals surface area contributed by atoms with Crippen molar-refractivity contribution in [3.8, 4) is 0 Å². The third-order valence-electron chi connectivity index (χ3n) is 0.895. The molecule has 0 spiro atoms. The number of hydrogen-bond donors (Lipinski definition) is 1. The number of carboxylic acids is 1. The molecule has 6 heteroatoms. The Bertz CT molecular complexity index is 235. The molecule has 0 aromatic rings. The summed E-state index contributed by atoms with van der Waals surface area (Å²) in [6.07, 6.45) is 2.61. The first-order valence-corrected chi connectivity index (χ1v) is 5.50. The van der Waals surface area contributed by atoms with Gasteiger partial charge in [-0.3, -0.25) is 0 Å². The molecule has 1 aliphatic rings. The van der Waals surface area contributed by atoms with Crippen molar-refractivity contribution in [1.82, 2.24) is 0 Å². The summed E-state index contributed by atoms with van der Waals surface area (Å²) in [5, 5.41) is 8.45. The standard InChI is InChI=1S/C4H3Cl2NO2S/c5-10(6)3(4(8)9)1-2-7-10/h1-2H,(H,8,9). The molecule has 3 nitrogen and oxygen atoms in total. The van der Waals surface area contributed by atoms with Gasteiger partial charge in [-0.15, -0.1) is 0 Å². The highest BCUT2D eigenvalue weighted by molar-refractivity contribution is 8.68. The van der Waals surface area contributed by atoms with Crippen LogP contribution in [0.15, 0.2) is 15.4 Å². The molecule has 1 heterocycles. The molecular weight excluding hydrogens is 197 g/mol. The SMILES string of the molecule is O=C(O)C1=CC=NS1(Cl)Cl. The van der Waals surface area contributed by atoms with E-state index >= 15 is 0 Å². The van der Waals surface area contributed by atoms with E-state index in [9.17, 15) is 4.79 Å². The van der Waals surface area contributed by atoms with Crippen LogP contribution in [0.5, 0.6) is 0 Å². The quantitative estimate of drug-likeness (QED) is 0.704. The normalized spacial score (nSPS) is 24.0. The van der Waals surface area contributed by atoms with E-state index in [1.807, 2.05) is 0 Å². The van der Waals surface area contributed by atoms with Crippen LogP contribution in [0.1, 0.15) is 0 Å². The summed E-state index contributed by atoms with van der Waals surface area (Å²) in [6.45, 7) is 0. The molecule has 0 amide bonds. The van der Waals surface area contributed by atoms with Gasteiger partial charge in [0.2, 0.25) is 0 Å². The van der Waals surface area contributed by atoms with E-state index in [4.69, 9.17) is 26.5 Å². The van der Waals surface area contributed by atoms with E-state index < -0.39 is 14.6 Å². The van der Waals surface area contributed by atoms with Crippen molar-refractivity contribution in [2.75, 3.05) is 0 Å². The molecule has 0 aliphatic carbocycles. The molecule has 0 unspecified atom stereocenters. The van der Waals surface area contributed by atoms with Crippen molar-refractivity contribution in [2.45, 2.75) is 0 Å². The van der Waals surface area contributed by atoms with Gasteiger partial charge in [-0.05, 0) is 27.4 Å². The van der Waals surface area contributed by atoms with E-state index in [2.05, 4.69) is 4.40 Å². The zero-order chi connectivity index (χ0) is 7.78. The molecule has 10 heavy (non-hydrogen) atoms. The predicted octanol–water partition coefficient (Wildman–Crippen LogP) is 2.07. The fraction of sp³-hybridized carbons (Fsp3) is 0. The van der Waals surface area contributed by atoms with Crippen molar-refractivity contribution in [3.63, 3.8) is 0 Å². The van der Waals surface area contributed by atoms with Crippen LogP contribution in [0.3, 0.4) is 0 Å². The van der Waals surface area contributed by atoms with Crippen molar-refractivity contribution in [1.29, 1.82) is 0 Å². The monoisotopic (exact) mass is 199 g/mol. The summed E-state index contributed by atoms with van der Waals surface area (Å²) >= 11 is 0. The molecule has 56 valence electrons. The maximum atomic E-state index is 10.3. The Morgan fingerprint density at radius 1 is 1.70 bits per heavy atom. The number of hydrogen-bond acceptors (Lipinski definition) is 2. The van der Waals surface area contributed by atoms with E-state index in [-0.39, 0.29) is 4.91 Å². The van der Waals surface area contributed by atoms with E-state index in [0.29, 0.717) is 0 Å². The molecule has 1 rings (SSSR count). The van der Waals surface area contributed by atoms with Crippen LogP contribution in [-0.2, 0) is 4.79 Å². The van der Waals surface area contributed by atoms with E-state index in [0.717, 1.165) is 0 Å². The summed E-state index contributed by atoms with van der Waals surface area (Å²) in [7, 11) is 8.65. The summed E-state index contributed by atoms with van der Waals surface area (Å²) in [4.78, 5) is 10.3. The zero-order valence-electron chi connectivity index (χ0n) is 4.62. The average Bonchev–Trinajstić information content (AvgIpc) is 2.08. The lowest BCUT2D eigenvalue weighted by molar-refractivity contribution is -0.131. The van der Waals surface area contributed by atoms with Crippen LogP contribution in [0.4, 0.5) is 0 Å². The van der Waals surface area contributed by atoms with Gasteiger partial charge in [0.15, 0.2) is 0 Å². The summed E-state index contributed by atoms with van der Waals surface area (Å²) < 4.78 is 3.59. The van der Waals surface area contributed by atoms with Crippen LogP contribution in [0, 0.1) is 0 Å². The molecule has 0 atom stereocenters. The van der Waals surface area contributed by atoms with Crippen molar-refractivity contribution in [2.24, 2.45) is 4.40 Å². The topological polar surface area (TPSA) is 49.7 Å². The number of halogens is 2. The average molecular weight is 200 g/mol. The third-order valence-corrected chi connectivity index (χ3v) is 3.60. The molecule has 0 saturated heterocycles. The number of allylic oxidation sites excluding steroid dienone is 1. The first-order chi connectivity index (χ1) is 4.54. The number of carbonyl (C=O) groups is 1. The van der Waals surface area contributed by atoms with Crippen LogP contribution in [0.2, 0.25) is 0 Å². The molecular formula is C4H3Cl2NO2S. The molecule has 0 bridgehead atoms. The van der Waals surface area contributed by atoms with Gasteiger partial charge in [0, 0.05) is 14.9 Å². The molecule has 0 radical (unpaired) electrons. The number of nitrogens with zero attached hydrogens (tertiary/aromatic N) is 1. The van der Waals surface area contributed by atoms with Gasteiger partial charge < -0.3 is 5.11 Å². The highest BCUT2D eigenvalue weighted by Crippen LogP contribution is 2.67. The number of aliphatic carboxylic acids is 1. The third kappa shape index (κ3) is 1.28. The van der Waals surface area contributed by atoms with Gasteiger partial charge in [0.25, 0.3) is 0 Å². The molecule has 0 aromatic heterocycles. The summed E-state index contributed by atoms with van der Waals surface area (Å²) in [5.41, 5.74) is 0. The second-order valence-electron chi connectivity index (χ2n) is 1.53. The molecule has 1 N–H and O–H groups in total.